The van der Waals surface area contributed by atoms with Crippen molar-refractivity contribution in [3.05, 3.63) is 15.6 Å². The zero-order valence-corrected chi connectivity index (χ0v) is 5.81. The number of nitrogens with two attached hydrogens (primary N) is 1. The van der Waals surface area contributed by atoms with Crippen LogP contribution in [0, 0.1) is 5.21 Å². The Morgan fingerprint density at radius 2 is 2.42 bits per heavy atom. The number of anilines is 1. The average Bonchev–Trinajstić information content (AvgIpc) is 2.31. The number of hydrogen-bond acceptors (Lipinski definition) is 4. The van der Waals surface area contributed by atoms with Gasteiger partial charge in [0.2, 0.25) is 5.95 Å². The van der Waals surface area contributed by atoms with Crippen LogP contribution in [0.15, 0.2) is 4.79 Å². The molecular weight excluding hydrogens is 162 g/mol. The Morgan fingerprint density at radius 1 is 1.67 bits per heavy atom. The van der Waals surface area contributed by atoms with Gasteiger partial charge in [0, 0.05) is 0 Å². The molecule has 7 heteroatoms. The standard InChI is InChI=1S/C5H4N5O2/c6-5-8-3-2(4(11)9-5)10(12)1-7-3/h1H,(H3,6,8,9,11). The number of hydrogen-bond donors (Lipinski definition) is 2. The first-order valence-corrected chi connectivity index (χ1v) is 3.09. The Labute approximate surface area is 66.1 Å². The van der Waals surface area contributed by atoms with Gasteiger partial charge in [-0.2, -0.15) is 4.98 Å². The molecule has 0 saturated heterocycles. The van der Waals surface area contributed by atoms with Crippen LogP contribution in [0.5, 0.6) is 0 Å². The van der Waals surface area contributed by atoms with E-state index in [4.69, 9.17) is 5.73 Å². The summed E-state index contributed by atoms with van der Waals surface area (Å²) in [6, 6.07) is 0. The van der Waals surface area contributed by atoms with Crippen LogP contribution in [-0.2, 0) is 0 Å². The minimum atomic E-state index is -0.579. The van der Waals surface area contributed by atoms with E-state index >= 15 is 0 Å². The van der Waals surface area contributed by atoms with Crippen molar-refractivity contribution in [2.24, 2.45) is 0 Å². The molecule has 2 rings (SSSR count). The summed E-state index contributed by atoms with van der Waals surface area (Å²) in [6.45, 7) is 0. The summed E-state index contributed by atoms with van der Waals surface area (Å²) >= 11 is 0. The van der Waals surface area contributed by atoms with Crippen molar-refractivity contribution < 1.29 is 4.74 Å². The fraction of sp³-hybridized carbons (Fsp3) is 0. The van der Waals surface area contributed by atoms with Gasteiger partial charge in [-0.25, -0.2) is 4.74 Å². The largest absolute Gasteiger partial charge is 0.710 e. The lowest BCUT2D eigenvalue weighted by molar-refractivity contribution is -0.352. The molecule has 1 aromatic rings. The molecule has 0 saturated carbocycles. The van der Waals surface area contributed by atoms with E-state index in [2.05, 4.69) is 15.3 Å². The molecular formula is C5H4N5O2. The molecule has 0 fully saturated rings. The van der Waals surface area contributed by atoms with E-state index in [1.54, 1.807) is 0 Å². The van der Waals surface area contributed by atoms with Gasteiger partial charge in [-0.15, -0.1) is 0 Å². The first-order chi connectivity index (χ1) is 5.68. The molecule has 12 heavy (non-hydrogen) atoms. The number of aromatic nitrogens is 2. The number of nitrogen functional groups attached to an aromatic ring is 1. The Morgan fingerprint density at radius 3 is 3.17 bits per heavy atom. The number of aromatic amines is 1. The molecule has 0 spiro atoms. The van der Waals surface area contributed by atoms with E-state index in [0.29, 0.717) is 4.74 Å². The van der Waals surface area contributed by atoms with E-state index in [-0.39, 0.29) is 17.5 Å². The van der Waals surface area contributed by atoms with Crippen LogP contribution in [0.25, 0.3) is 0 Å². The number of nitrogens with one attached hydrogen (secondary N) is 1. The van der Waals surface area contributed by atoms with E-state index in [1.165, 1.54) is 0 Å². The number of fused-ring (bicyclic) bond motifs is 1. The minimum Gasteiger partial charge on any atom is -0.710 e. The summed E-state index contributed by atoms with van der Waals surface area (Å²) < 4.78 is 0.348. The lowest BCUT2D eigenvalue weighted by Gasteiger charge is -1.99. The molecule has 1 aliphatic heterocycles. The molecule has 0 aliphatic carbocycles. The quantitative estimate of drug-likeness (QED) is 0.371. The van der Waals surface area contributed by atoms with Crippen molar-refractivity contribution in [2.45, 2.75) is 0 Å². The van der Waals surface area contributed by atoms with Gasteiger partial charge in [-0.05, 0) is 5.32 Å². The van der Waals surface area contributed by atoms with E-state index in [9.17, 15) is 10.0 Å². The molecule has 0 aromatic carbocycles. The highest BCUT2D eigenvalue weighted by atomic mass is 16.5. The Kier molecular flexibility index (Phi) is 1.09. The van der Waals surface area contributed by atoms with E-state index in [0.717, 1.165) is 6.34 Å². The van der Waals surface area contributed by atoms with Gasteiger partial charge < -0.3 is 10.9 Å². The third-order valence-corrected chi connectivity index (χ3v) is 1.40. The Bertz CT molecular complexity index is 420. The van der Waals surface area contributed by atoms with Crippen LogP contribution in [0.4, 0.5) is 17.5 Å². The van der Waals surface area contributed by atoms with Gasteiger partial charge in [-0.3, -0.25) is 9.78 Å². The highest BCUT2D eigenvalue weighted by molar-refractivity contribution is 5.70. The molecule has 1 aromatic heterocycles. The van der Waals surface area contributed by atoms with Crippen LogP contribution < -0.4 is 16.6 Å². The maximum absolute atomic E-state index is 11.0. The lowest BCUT2D eigenvalue weighted by atomic mass is 10.5. The molecule has 0 bridgehead atoms. The maximum atomic E-state index is 11.0. The summed E-state index contributed by atoms with van der Waals surface area (Å²) in [5, 5.41) is 14.4. The first kappa shape index (κ1) is 6.65. The summed E-state index contributed by atoms with van der Waals surface area (Å²) in [4.78, 5) is 16.9. The highest BCUT2D eigenvalue weighted by Crippen LogP contribution is 2.19. The van der Waals surface area contributed by atoms with Crippen LogP contribution >= 0.6 is 0 Å². The average molecular weight is 166 g/mol. The molecule has 0 amide bonds. The highest BCUT2D eigenvalue weighted by Gasteiger charge is 2.25. The number of H-pyrrole nitrogens is 1. The van der Waals surface area contributed by atoms with Gasteiger partial charge >= 0.3 is 11.4 Å². The van der Waals surface area contributed by atoms with Gasteiger partial charge in [0.15, 0.2) is 0 Å². The second-order valence-electron chi connectivity index (χ2n) is 2.19. The molecule has 0 atom stereocenters. The van der Waals surface area contributed by atoms with Gasteiger partial charge in [0.05, 0.1) is 0 Å². The topological polar surface area (TPSA) is 112 Å². The maximum Gasteiger partial charge on any atom is 0.322 e. The fourth-order valence-corrected chi connectivity index (χ4v) is 0.926. The molecule has 7 nitrogen and oxygen atoms in total. The molecule has 1 aliphatic rings. The molecule has 0 unspecified atom stereocenters. The van der Waals surface area contributed by atoms with Crippen molar-refractivity contribution in [3.8, 4) is 0 Å². The fourth-order valence-electron chi connectivity index (χ4n) is 0.926. The first-order valence-electron chi connectivity index (χ1n) is 3.09. The summed E-state index contributed by atoms with van der Waals surface area (Å²) in [5.41, 5.74) is 4.52. The smallest absolute Gasteiger partial charge is 0.322 e. The third kappa shape index (κ3) is 0.729. The third-order valence-electron chi connectivity index (χ3n) is 1.40. The minimum absolute atomic E-state index is 0.0498. The van der Waals surface area contributed by atoms with Crippen molar-refractivity contribution in [3.63, 3.8) is 0 Å². The second kappa shape index (κ2) is 1.97. The van der Waals surface area contributed by atoms with Crippen molar-refractivity contribution >= 4 is 23.8 Å². The Hall–Kier alpha value is -2.05. The van der Waals surface area contributed by atoms with Crippen LogP contribution in [-0.4, -0.2) is 21.0 Å². The van der Waals surface area contributed by atoms with Gasteiger partial charge in [-0.1, -0.05) is 0 Å². The molecule has 1 radical (unpaired) electrons. The predicted molar refractivity (Wildman–Crippen MR) is 40.4 cm³/mol. The zero-order chi connectivity index (χ0) is 8.72. The molecule has 2 heterocycles. The van der Waals surface area contributed by atoms with Crippen LogP contribution in [0.1, 0.15) is 0 Å². The summed E-state index contributed by atoms with van der Waals surface area (Å²) in [6.07, 6.45) is 0.965. The van der Waals surface area contributed by atoms with Gasteiger partial charge in [0.1, 0.15) is 0 Å². The van der Waals surface area contributed by atoms with Gasteiger partial charge in [0.25, 0.3) is 12.0 Å². The zero-order valence-electron chi connectivity index (χ0n) is 5.81. The molecule has 3 N–H and O–H groups in total. The van der Waals surface area contributed by atoms with Crippen molar-refractivity contribution in [1.29, 1.82) is 0 Å². The summed E-state index contributed by atoms with van der Waals surface area (Å²) in [7, 11) is 0. The number of rotatable bonds is 0. The monoisotopic (exact) mass is 166 g/mol. The normalized spacial score (nSPS) is 13.5. The van der Waals surface area contributed by atoms with E-state index < -0.39 is 5.56 Å². The van der Waals surface area contributed by atoms with Crippen molar-refractivity contribution in [2.75, 3.05) is 5.73 Å². The molecule has 61 valence electrons. The number of nitrogens with zero attached hydrogens (tertiary/aromatic N) is 3. The van der Waals surface area contributed by atoms with Crippen LogP contribution in [0.3, 0.4) is 0 Å². The summed E-state index contributed by atoms with van der Waals surface area (Å²) in [5.74, 6) is 0.0115. The lowest BCUT2D eigenvalue weighted by Crippen LogP contribution is -2.13. The second-order valence-corrected chi connectivity index (χ2v) is 2.19. The van der Waals surface area contributed by atoms with Crippen molar-refractivity contribution in [1.82, 2.24) is 15.3 Å². The van der Waals surface area contributed by atoms with Crippen LogP contribution in [0.2, 0.25) is 0 Å². The predicted octanol–water partition coefficient (Wildman–Crippen LogP) is -1.23. The Balaban J connectivity index is 2.76. The SMILES string of the molecule is Nc1nc2c(c(=O)[nH]1)[N+]([O-])=C[N]2. The van der Waals surface area contributed by atoms with E-state index in [1.807, 2.05) is 0 Å².